The van der Waals surface area contributed by atoms with Crippen LogP contribution in [0.1, 0.15) is 5.69 Å². The molecule has 0 fully saturated rings. The first-order valence-electron chi connectivity index (χ1n) is 4.15. The van der Waals surface area contributed by atoms with Crippen molar-refractivity contribution in [2.24, 2.45) is 0 Å². The Kier molecular flexibility index (Phi) is 2.64. The molecule has 0 aliphatic carbocycles. The van der Waals surface area contributed by atoms with Gasteiger partial charge in [-0.2, -0.15) is 13.2 Å². The van der Waals surface area contributed by atoms with Crippen LogP contribution in [0.4, 0.5) is 13.2 Å². The van der Waals surface area contributed by atoms with Gasteiger partial charge in [-0.1, -0.05) is 0 Å². The second-order valence-corrected chi connectivity index (χ2v) is 4.32. The summed E-state index contributed by atoms with van der Waals surface area (Å²) in [7, 11) is 0. The number of alkyl halides is 3. The Morgan fingerprint density at radius 3 is 2.62 bits per heavy atom. The van der Waals surface area contributed by atoms with Gasteiger partial charge in [0.25, 0.3) is 5.56 Å². The second-order valence-electron chi connectivity index (χ2n) is 3.07. The third-order valence-electron chi connectivity index (χ3n) is 1.92. The van der Waals surface area contributed by atoms with E-state index in [1.54, 1.807) is 12.1 Å². The Balaban J connectivity index is 2.78. The zero-order valence-electron chi connectivity index (χ0n) is 7.60. The van der Waals surface area contributed by atoms with Gasteiger partial charge < -0.3 is 4.98 Å². The molecule has 1 N–H and O–H groups in total. The van der Waals surface area contributed by atoms with Crippen LogP contribution in [0.5, 0.6) is 0 Å². The number of benzene rings is 1. The summed E-state index contributed by atoms with van der Waals surface area (Å²) >= 11 is 1.99. The van der Waals surface area contributed by atoms with Crippen molar-refractivity contribution >= 4 is 33.6 Å². The van der Waals surface area contributed by atoms with Crippen LogP contribution >= 0.6 is 22.6 Å². The highest BCUT2D eigenvalue weighted by molar-refractivity contribution is 14.1. The first-order chi connectivity index (χ1) is 7.38. The average molecular weight is 340 g/mol. The molecular weight excluding hydrogens is 336 g/mol. The number of H-pyrrole nitrogens is 1. The molecule has 0 aliphatic heterocycles. The lowest BCUT2D eigenvalue weighted by molar-refractivity contribution is -0.142. The molecule has 1 aromatic carbocycles. The van der Waals surface area contributed by atoms with Crippen molar-refractivity contribution in [1.82, 2.24) is 9.97 Å². The molecule has 0 saturated heterocycles. The Morgan fingerprint density at radius 1 is 1.31 bits per heavy atom. The fourth-order valence-corrected chi connectivity index (χ4v) is 1.74. The first kappa shape index (κ1) is 11.4. The van der Waals surface area contributed by atoms with Crippen LogP contribution in [0.15, 0.2) is 23.0 Å². The number of halogens is 4. The van der Waals surface area contributed by atoms with E-state index in [1.165, 1.54) is 6.07 Å². The van der Waals surface area contributed by atoms with E-state index >= 15 is 0 Å². The molecule has 0 aliphatic rings. The van der Waals surface area contributed by atoms with Crippen molar-refractivity contribution in [2.45, 2.75) is 6.18 Å². The monoisotopic (exact) mass is 340 g/mol. The van der Waals surface area contributed by atoms with Crippen LogP contribution in [0.25, 0.3) is 11.0 Å². The third-order valence-corrected chi connectivity index (χ3v) is 2.59. The SMILES string of the molecule is O=c1[nH]c2cc(I)ccc2nc1C(F)(F)F. The third kappa shape index (κ3) is 2.04. The number of fused-ring (bicyclic) bond motifs is 1. The minimum atomic E-state index is -4.73. The van der Waals surface area contributed by atoms with Gasteiger partial charge >= 0.3 is 6.18 Å². The fraction of sp³-hybridized carbons (Fsp3) is 0.111. The van der Waals surface area contributed by atoms with Crippen molar-refractivity contribution in [1.29, 1.82) is 0 Å². The largest absolute Gasteiger partial charge is 0.438 e. The van der Waals surface area contributed by atoms with Crippen molar-refractivity contribution in [2.75, 3.05) is 0 Å². The highest BCUT2D eigenvalue weighted by atomic mass is 127. The van der Waals surface area contributed by atoms with Gasteiger partial charge in [-0.15, -0.1) is 0 Å². The molecule has 2 aromatic rings. The Bertz CT molecular complexity index is 606. The van der Waals surface area contributed by atoms with E-state index < -0.39 is 17.4 Å². The van der Waals surface area contributed by atoms with Crippen LogP contribution in [0.2, 0.25) is 0 Å². The predicted octanol–water partition coefficient (Wildman–Crippen LogP) is 2.55. The molecule has 3 nitrogen and oxygen atoms in total. The lowest BCUT2D eigenvalue weighted by Crippen LogP contribution is -2.23. The van der Waals surface area contributed by atoms with Crippen LogP contribution in [-0.2, 0) is 6.18 Å². The van der Waals surface area contributed by atoms with Gasteiger partial charge in [0, 0.05) is 3.57 Å². The van der Waals surface area contributed by atoms with Crippen LogP contribution in [-0.4, -0.2) is 9.97 Å². The molecule has 0 spiro atoms. The van der Waals surface area contributed by atoms with E-state index in [-0.39, 0.29) is 5.52 Å². The topological polar surface area (TPSA) is 45.8 Å². The van der Waals surface area contributed by atoms with E-state index in [4.69, 9.17) is 0 Å². The maximum atomic E-state index is 12.4. The molecule has 1 aromatic heterocycles. The second kappa shape index (κ2) is 3.72. The number of nitrogens with zero attached hydrogens (tertiary/aromatic N) is 1. The van der Waals surface area contributed by atoms with E-state index in [2.05, 4.69) is 9.97 Å². The van der Waals surface area contributed by atoms with Gasteiger partial charge in [0.15, 0.2) is 0 Å². The van der Waals surface area contributed by atoms with Gasteiger partial charge in [0.2, 0.25) is 5.69 Å². The maximum absolute atomic E-state index is 12.4. The summed E-state index contributed by atoms with van der Waals surface area (Å²) in [4.78, 5) is 16.6. The van der Waals surface area contributed by atoms with E-state index in [1.807, 2.05) is 22.6 Å². The molecule has 7 heteroatoms. The Labute approximate surface area is 101 Å². The molecule has 0 bridgehead atoms. The highest BCUT2D eigenvalue weighted by Crippen LogP contribution is 2.25. The summed E-state index contributed by atoms with van der Waals surface area (Å²) in [5.74, 6) is 0. The van der Waals surface area contributed by atoms with Crippen molar-refractivity contribution in [3.8, 4) is 0 Å². The first-order valence-corrected chi connectivity index (χ1v) is 5.22. The maximum Gasteiger partial charge on any atom is 0.438 e. The van der Waals surface area contributed by atoms with Crippen LogP contribution in [0.3, 0.4) is 0 Å². The molecule has 2 rings (SSSR count). The van der Waals surface area contributed by atoms with E-state index in [0.717, 1.165) is 3.57 Å². The van der Waals surface area contributed by atoms with Gasteiger partial charge in [0.1, 0.15) is 0 Å². The zero-order chi connectivity index (χ0) is 11.9. The van der Waals surface area contributed by atoms with Crippen molar-refractivity contribution in [3.05, 3.63) is 37.8 Å². The molecule has 0 atom stereocenters. The van der Waals surface area contributed by atoms with Crippen LogP contribution < -0.4 is 5.56 Å². The molecule has 1 heterocycles. The Morgan fingerprint density at radius 2 is 2.00 bits per heavy atom. The molecule has 0 amide bonds. The summed E-state index contributed by atoms with van der Waals surface area (Å²) in [6.45, 7) is 0. The van der Waals surface area contributed by atoms with Gasteiger partial charge in [0.05, 0.1) is 11.0 Å². The highest BCUT2D eigenvalue weighted by Gasteiger charge is 2.36. The lowest BCUT2D eigenvalue weighted by atomic mass is 10.3. The van der Waals surface area contributed by atoms with Gasteiger partial charge in [-0.05, 0) is 40.8 Å². The normalized spacial score (nSPS) is 12.0. The fourth-order valence-electron chi connectivity index (χ4n) is 1.25. The summed E-state index contributed by atoms with van der Waals surface area (Å²) in [6.07, 6.45) is -4.73. The molecule has 0 radical (unpaired) electrons. The summed E-state index contributed by atoms with van der Waals surface area (Å²) in [6, 6.07) is 4.61. The quantitative estimate of drug-likeness (QED) is 0.750. The number of hydrogen-bond acceptors (Lipinski definition) is 2. The van der Waals surface area contributed by atoms with Crippen LogP contribution in [0, 0.1) is 3.57 Å². The van der Waals surface area contributed by atoms with Gasteiger partial charge in [-0.25, -0.2) is 4.98 Å². The standard InChI is InChI=1S/C9H4F3IN2O/c10-9(11,12)7-8(16)15-6-3-4(13)1-2-5(6)14-7/h1-3H,(H,15,16). The minimum absolute atomic E-state index is 0.118. The Hall–Kier alpha value is -1.12. The van der Waals surface area contributed by atoms with Gasteiger partial charge in [-0.3, -0.25) is 4.79 Å². The average Bonchev–Trinajstić information content (AvgIpc) is 2.14. The summed E-state index contributed by atoms with van der Waals surface area (Å²) < 4.78 is 37.9. The number of hydrogen-bond donors (Lipinski definition) is 1. The van der Waals surface area contributed by atoms with Crippen molar-refractivity contribution < 1.29 is 13.2 Å². The van der Waals surface area contributed by atoms with Crippen molar-refractivity contribution in [3.63, 3.8) is 0 Å². The number of nitrogens with one attached hydrogen (secondary N) is 1. The number of rotatable bonds is 0. The number of aromatic amines is 1. The summed E-state index contributed by atoms with van der Waals surface area (Å²) in [5, 5.41) is 0. The molecule has 16 heavy (non-hydrogen) atoms. The molecule has 84 valence electrons. The van der Waals surface area contributed by atoms with E-state index in [9.17, 15) is 18.0 Å². The predicted molar refractivity (Wildman–Crippen MR) is 60.1 cm³/mol. The molecular formula is C9H4F3IN2O. The lowest BCUT2D eigenvalue weighted by Gasteiger charge is -2.05. The number of aromatic nitrogens is 2. The van der Waals surface area contributed by atoms with E-state index in [0.29, 0.717) is 5.52 Å². The minimum Gasteiger partial charge on any atom is -0.319 e. The summed E-state index contributed by atoms with van der Waals surface area (Å²) in [5.41, 5.74) is -2.22. The molecule has 0 unspecified atom stereocenters. The zero-order valence-corrected chi connectivity index (χ0v) is 9.76. The smallest absolute Gasteiger partial charge is 0.319 e. The molecule has 0 saturated carbocycles.